The van der Waals surface area contributed by atoms with E-state index in [-0.39, 0.29) is 12.5 Å². The molecule has 6 heteroatoms. The number of aryl methyl sites for hydroxylation is 1. The summed E-state index contributed by atoms with van der Waals surface area (Å²) in [5.41, 5.74) is 3.47. The molecule has 0 saturated heterocycles. The number of benzene rings is 2. The fourth-order valence-electron chi connectivity index (χ4n) is 3.36. The van der Waals surface area contributed by atoms with Crippen molar-refractivity contribution in [2.75, 3.05) is 11.4 Å². The second-order valence-corrected chi connectivity index (χ2v) is 7.42. The van der Waals surface area contributed by atoms with Crippen molar-refractivity contribution in [1.82, 2.24) is 4.98 Å². The molecule has 0 atom stereocenters. The molecule has 0 bridgehead atoms. The second kappa shape index (κ2) is 8.21. The lowest BCUT2D eigenvalue weighted by Crippen LogP contribution is -2.35. The number of aromatic nitrogens is 1. The normalized spacial score (nSPS) is 13.1. The van der Waals surface area contributed by atoms with Gasteiger partial charge < -0.3 is 9.64 Å². The summed E-state index contributed by atoms with van der Waals surface area (Å²) < 4.78 is 5.76. The third-order valence-electron chi connectivity index (χ3n) is 4.70. The molecule has 0 fully saturated rings. The highest BCUT2D eigenvalue weighted by Gasteiger charge is 2.23. The minimum Gasteiger partial charge on any atom is -0.486 e. The molecule has 2 aromatic carbocycles. The standard InChI is InChI=1S/C22H18Cl2N2O2/c23-18-7-3-8-19(24)21(18)28-14-15-11-17(13-25-12-15)22(27)26-10-4-6-16-5-1-2-9-20(16)26/h1-3,5,7-9,11-13H,4,6,10,14H2. The highest BCUT2D eigenvalue weighted by atomic mass is 35.5. The summed E-state index contributed by atoms with van der Waals surface area (Å²) in [6.07, 6.45) is 5.20. The Kier molecular flexibility index (Phi) is 5.51. The second-order valence-electron chi connectivity index (χ2n) is 6.61. The van der Waals surface area contributed by atoms with Crippen molar-refractivity contribution in [2.45, 2.75) is 19.4 Å². The maximum absolute atomic E-state index is 13.1. The lowest BCUT2D eigenvalue weighted by Gasteiger charge is -2.29. The predicted molar refractivity (Wildman–Crippen MR) is 111 cm³/mol. The number of carbonyl (C=O) groups excluding carboxylic acids is 1. The SMILES string of the molecule is O=C(c1cncc(COc2c(Cl)cccc2Cl)c1)N1CCCc2ccccc21. The number of anilines is 1. The molecule has 0 spiro atoms. The number of hydrogen-bond acceptors (Lipinski definition) is 3. The Bertz CT molecular complexity index is 1000. The molecule has 0 aliphatic carbocycles. The summed E-state index contributed by atoms with van der Waals surface area (Å²) in [5, 5.41) is 0.884. The van der Waals surface area contributed by atoms with E-state index in [0.29, 0.717) is 27.9 Å². The highest BCUT2D eigenvalue weighted by Crippen LogP contribution is 2.33. The van der Waals surface area contributed by atoms with Crippen LogP contribution in [0.15, 0.2) is 60.9 Å². The molecule has 0 radical (unpaired) electrons. The van der Waals surface area contributed by atoms with Gasteiger partial charge in [0.1, 0.15) is 6.61 Å². The number of carbonyl (C=O) groups is 1. The van der Waals surface area contributed by atoms with Crippen molar-refractivity contribution in [3.05, 3.63) is 87.7 Å². The van der Waals surface area contributed by atoms with Gasteiger partial charge in [0, 0.05) is 30.2 Å². The van der Waals surface area contributed by atoms with Crippen LogP contribution in [0.4, 0.5) is 5.69 Å². The minimum atomic E-state index is -0.0581. The molecule has 28 heavy (non-hydrogen) atoms. The van der Waals surface area contributed by atoms with Crippen molar-refractivity contribution < 1.29 is 9.53 Å². The zero-order valence-corrected chi connectivity index (χ0v) is 16.6. The molecule has 2 heterocycles. The van der Waals surface area contributed by atoms with E-state index in [4.69, 9.17) is 27.9 Å². The van der Waals surface area contributed by atoms with Gasteiger partial charge in [-0.15, -0.1) is 0 Å². The van der Waals surface area contributed by atoms with E-state index < -0.39 is 0 Å². The van der Waals surface area contributed by atoms with Crippen LogP contribution in [0.25, 0.3) is 0 Å². The van der Waals surface area contributed by atoms with Crippen LogP contribution in [0, 0.1) is 0 Å². The summed E-state index contributed by atoms with van der Waals surface area (Å²) in [6.45, 7) is 0.917. The highest BCUT2D eigenvalue weighted by molar-refractivity contribution is 6.37. The van der Waals surface area contributed by atoms with Gasteiger partial charge in [-0.25, -0.2) is 0 Å². The number of ether oxygens (including phenoxy) is 1. The van der Waals surface area contributed by atoms with E-state index in [1.807, 2.05) is 23.1 Å². The van der Waals surface area contributed by atoms with Crippen LogP contribution in [-0.4, -0.2) is 17.4 Å². The van der Waals surface area contributed by atoms with Crippen LogP contribution >= 0.6 is 23.2 Å². The maximum atomic E-state index is 13.1. The Morgan fingerprint density at radius 3 is 2.68 bits per heavy atom. The average Bonchev–Trinajstić information content (AvgIpc) is 2.73. The van der Waals surface area contributed by atoms with Gasteiger partial charge in [0.25, 0.3) is 5.91 Å². The number of halogens is 2. The summed E-state index contributed by atoms with van der Waals surface area (Å²) in [6, 6.07) is 15.0. The fraction of sp³-hybridized carbons (Fsp3) is 0.182. The molecular formula is C22H18Cl2N2O2. The number of pyridine rings is 1. The number of rotatable bonds is 4. The van der Waals surface area contributed by atoms with Gasteiger partial charge in [0.2, 0.25) is 0 Å². The molecule has 1 amide bonds. The third-order valence-corrected chi connectivity index (χ3v) is 5.29. The first-order chi connectivity index (χ1) is 13.6. The zero-order valence-electron chi connectivity index (χ0n) is 15.1. The van der Waals surface area contributed by atoms with Crippen LogP contribution in [0.1, 0.15) is 27.9 Å². The van der Waals surface area contributed by atoms with Crippen molar-refractivity contribution in [3.8, 4) is 5.75 Å². The van der Waals surface area contributed by atoms with Crippen LogP contribution in [-0.2, 0) is 13.0 Å². The Hall–Kier alpha value is -2.56. The average molecular weight is 413 g/mol. The molecule has 1 aromatic heterocycles. The van der Waals surface area contributed by atoms with Gasteiger partial charge in [-0.2, -0.15) is 0 Å². The first-order valence-corrected chi connectivity index (χ1v) is 9.79. The zero-order chi connectivity index (χ0) is 19.5. The first-order valence-electron chi connectivity index (χ1n) is 9.04. The van der Waals surface area contributed by atoms with Crippen LogP contribution in [0.2, 0.25) is 10.0 Å². The fourth-order valence-corrected chi connectivity index (χ4v) is 3.87. The third kappa shape index (κ3) is 3.84. The quantitative estimate of drug-likeness (QED) is 0.563. The lowest BCUT2D eigenvalue weighted by atomic mass is 10.0. The van der Waals surface area contributed by atoms with Gasteiger partial charge in [-0.05, 0) is 42.7 Å². The van der Waals surface area contributed by atoms with E-state index in [1.54, 1.807) is 36.7 Å². The summed E-state index contributed by atoms with van der Waals surface area (Å²) in [4.78, 5) is 19.1. The van der Waals surface area contributed by atoms with Crippen LogP contribution in [0.3, 0.4) is 0 Å². The predicted octanol–water partition coefficient (Wildman–Crippen LogP) is 5.56. The molecule has 3 aromatic rings. The van der Waals surface area contributed by atoms with Gasteiger partial charge in [-0.3, -0.25) is 9.78 Å². The number of nitrogens with zero attached hydrogens (tertiary/aromatic N) is 2. The lowest BCUT2D eigenvalue weighted by molar-refractivity contribution is 0.0984. The van der Waals surface area contributed by atoms with Gasteiger partial charge >= 0.3 is 0 Å². The van der Waals surface area contributed by atoms with Gasteiger partial charge in [0.15, 0.2) is 5.75 Å². The molecule has 1 aliphatic heterocycles. The molecule has 4 nitrogen and oxygen atoms in total. The first kappa shape index (κ1) is 18.8. The summed E-state index contributed by atoms with van der Waals surface area (Å²) in [5.74, 6) is 0.366. The minimum absolute atomic E-state index is 0.0581. The summed E-state index contributed by atoms with van der Waals surface area (Å²) in [7, 11) is 0. The van der Waals surface area contributed by atoms with Crippen molar-refractivity contribution in [3.63, 3.8) is 0 Å². The molecular weight excluding hydrogens is 395 g/mol. The van der Waals surface area contributed by atoms with Gasteiger partial charge in [-0.1, -0.05) is 47.5 Å². The number of fused-ring (bicyclic) bond motifs is 1. The molecule has 142 valence electrons. The summed E-state index contributed by atoms with van der Waals surface area (Å²) >= 11 is 12.3. The monoisotopic (exact) mass is 412 g/mol. The van der Waals surface area contributed by atoms with Crippen LogP contribution in [0.5, 0.6) is 5.75 Å². The Morgan fingerprint density at radius 2 is 1.86 bits per heavy atom. The Labute approximate surface area is 173 Å². The Balaban J connectivity index is 1.54. The molecule has 4 rings (SSSR count). The van der Waals surface area contributed by atoms with Crippen molar-refractivity contribution >= 4 is 34.8 Å². The smallest absolute Gasteiger partial charge is 0.259 e. The van der Waals surface area contributed by atoms with Gasteiger partial charge in [0.05, 0.1) is 15.6 Å². The van der Waals surface area contributed by atoms with Crippen molar-refractivity contribution in [1.29, 1.82) is 0 Å². The van der Waals surface area contributed by atoms with E-state index in [9.17, 15) is 4.79 Å². The molecule has 0 saturated carbocycles. The van der Waals surface area contributed by atoms with E-state index in [2.05, 4.69) is 11.1 Å². The van der Waals surface area contributed by atoms with E-state index >= 15 is 0 Å². The Morgan fingerprint density at radius 1 is 1.07 bits per heavy atom. The topological polar surface area (TPSA) is 42.4 Å². The largest absolute Gasteiger partial charge is 0.486 e. The number of para-hydroxylation sites is 2. The maximum Gasteiger partial charge on any atom is 0.259 e. The molecule has 0 unspecified atom stereocenters. The van der Waals surface area contributed by atoms with E-state index in [0.717, 1.165) is 24.1 Å². The van der Waals surface area contributed by atoms with Crippen molar-refractivity contribution in [2.24, 2.45) is 0 Å². The molecule has 0 N–H and O–H groups in total. The molecule has 1 aliphatic rings. The van der Waals surface area contributed by atoms with E-state index in [1.165, 1.54) is 5.56 Å². The number of amides is 1. The van der Waals surface area contributed by atoms with Crippen LogP contribution < -0.4 is 9.64 Å². The number of hydrogen-bond donors (Lipinski definition) is 0.